The first-order valence-electron chi connectivity index (χ1n) is 5.51. The summed E-state index contributed by atoms with van der Waals surface area (Å²) in [4.78, 5) is 24.4. The highest BCUT2D eigenvalue weighted by atomic mass is 19.1. The molecule has 96 valence electrons. The molecule has 4 nitrogen and oxygen atoms in total. The number of halogens is 2. The Morgan fingerprint density at radius 3 is 2.44 bits per heavy atom. The molecule has 0 spiro atoms. The maximum absolute atomic E-state index is 13.6. The van der Waals surface area contributed by atoms with E-state index >= 15 is 0 Å². The van der Waals surface area contributed by atoms with Crippen molar-refractivity contribution in [2.24, 2.45) is 5.92 Å². The summed E-state index contributed by atoms with van der Waals surface area (Å²) in [6.07, 6.45) is 0. The molecule has 1 aromatic carbocycles. The molecule has 1 saturated heterocycles. The van der Waals surface area contributed by atoms with Crippen molar-refractivity contribution in [3.05, 3.63) is 29.8 Å². The fraction of sp³-hybridized carbons (Fsp3) is 0.333. The van der Waals surface area contributed by atoms with Gasteiger partial charge in [0, 0.05) is 6.07 Å². The maximum Gasteiger partial charge on any atom is 0.329 e. The lowest BCUT2D eigenvalue weighted by atomic mass is 10.0. The van der Waals surface area contributed by atoms with E-state index in [-0.39, 0.29) is 11.6 Å². The summed E-state index contributed by atoms with van der Waals surface area (Å²) < 4.78 is 26.4. The van der Waals surface area contributed by atoms with Crippen molar-refractivity contribution in [2.75, 3.05) is 4.90 Å². The molecule has 2 rings (SSSR count). The monoisotopic (exact) mass is 254 g/mol. The van der Waals surface area contributed by atoms with Gasteiger partial charge in [-0.2, -0.15) is 0 Å². The lowest BCUT2D eigenvalue weighted by molar-refractivity contribution is -0.119. The molecule has 3 amide bonds. The van der Waals surface area contributed by atoms with E-state index in [0.29, 0.717) is 11.0 Å². The van der Waals surface area contributed by atoms with Gasteiger partial charge in [0.25, 0.3) is 5.91 Å². The second-order valence-corrected chi connectivity index (χ2v) is 4.44. The maximum atomic E-state index is 13.6. The van der Waals surface area contributed by atoms with Gasteiger partial charge in [-0.05, 0) is 18.1 Å². The number of anilines is 1. The largest absolute Gasteiger partial charge is 0.329 e. The predicted molar refractivity (Wildman–Crippen MR) is 61.0 cm³/mol. The fourth-order valence-electron chi connectivity index (χ4n) is 1.84. The van der Waals surface area contributed by atoms with Crippen molar-refractivity contribution in [2.45, 2.75) is 19.9 Å². The molecule has 1 unspecified atom stereocenters. The molecular formula is C12H12F2N2O2. The molecule has 1 aliphatic heterocycles. The van der Waals surface area contributed by atoms with Crippen molar-refractivity contribution in [3.8, 4) is 0 Å². The van der Waals surface area contributed by atoms with Crippen LogP contribution in [0.15, 0.2) is 18.2 Å². The van der Waals surface area contributed by atoms with Gasteiger partial charge in [-0.1, -0.05) is 13.8 Å². The molecule has 0 aliphatic carbocycles. The summed E-state index contributed by atoms with van der Waals surface area (Å²) in [7, 11) is 0. The van der Waals surface area contributed by atoms with Gasteiger partial charge >= 0.3 is 6.03 Å². The van der Waals surface area contributed by atoms with E-state index in [4.69, 9.17) is 0 Å². The van der Waals surface area contributed by atoms with Gasteiger partial charge in [-0.3, -0.25) is 4.79 Å². The highest BCUT2D eigenvalue weighted by Crippen LogP contribution is 2.25. The number of imide groups is 1. The molecule has 1 atom stereocenters. The minimum Gasteiger partial charge on any atom is -0.325 e. The number of nitrogens with zero attached hydrogens (tertiary/aromatic N) is 1. The zero-order valence-corrected chi connectivity index (χ0v) is 9.91. The fourth-order valence-corrected chi connectivity index (χ4v) is 1.84. The lowest BCUT2D eigenvalue weighted by Gasteiger charge is -2.15. The number of rotatable bonds is 2. The lowest BCUT2D eigenvalue weighted by Crippen LogP contribution is -2.34. The normalized spacial score (nSPS) is 19.6. The van der Waals surface area contributed by atoms with Gasteiger partial charge in [0.15, 0.2) is 0 Å². The number of carbonyl (C=O) groups excluding carboxylic acids is 2. The van der Waals surface area contributed by atoms with Crippen LogP contribution in [0.5, 0.6) is 0 Å². The molecule has 6 heteroatoms. The Bertz CT molecular complexity index is 517. The molecule has 1 fully saturated rings. The Morgan fingerprint density at radius 1 is 1.28 bits per heavy atom. The van der Waals surface area contributed by atoms with Crippen LogP contribution >= 0.6 is 0 Å². The summed E-state index contributed by atoms with van der Waals surface area (Å²) in [5, 5.41) is 2.47. The molecule has 1 aliphatic rings. The number of hydrogen-bond acceptors (Lipinski definition) is 2. The number of amides is 3. The molecule has 0 bridgehead atoms. The summed E-state index contributed by atoms with van der Waals surface area (Å²) >= 11 is 0. The molecule has 1 heterocycles. The van der Waals surface area contributed by atoms with Crippen LogP contribution in [0.3, 0.4) is 0 Å². The minimum absolute atomic E-state index is 0.102. The number of benzene rings is 1. The van der Waals surface area contributed by atoms with Gasteiger partial charge in [0.1, 0.15) is 17.7 Å². The van der Waals surface area contributed by atoms with Crippen molar-refractivity contribution in [1.29, 1.82) is 0 Å². The summed E-state index contributed by atoms with van der Waals surface area (Å²) in [6, 6.07) is 1.34. The highest BCUT2D eigenvalue weighted by molar-refractivity contribution is 6.21. The van der Waals surface area contributed by atoms with Crippen molar-refractivity contribution >= 4 is 17.6 Å². The zero-order valence-electron chi connectivity index (χ0n) is 9.91. The number of hydrogen-bond donors (Lipinski definition) is 1. The number of urea groups is 1. The van der Waals surface area contributed by atoms with E-state index in [9.17, 15) is 18.4 Å². The van der Waals surface area contributed by atoms with E-state index in [1.54, 1.807) is 13.8 Å². The quantitative estimate of drug-likeness (QED) is 0.821. The van der Waals surface area contributed by atoms with Crippen molar-refractivity contribution in [1.82, 2.24) is 5.32 Å². The third-order valence-corrected chi connectivity index (χ3v) is 2.79. The van der Waals surface area contributed by atoms with Crippen molar-refractivity contribution in [3.63, 3.8) is 0 Å². The Balaban J connectivity index is 2.39. The van der Waals surface area contributed by atoms with E-state index in [2.05, 4.69) is 5.32 Å². The molecule has 0 aromatic heterocycles. The predicted octanol–water partition coefficient (Wildman–Crippen LogP) is 2.05. The van der Waals surface area contributed by atoms with Crippen LogP contribution in [0.1, 0.15) is 13.8 Å². The molecule has 0 radical (unpaired) electrons. The van der Waals surface area contributed by atoms with Gasteiger partial charge in [0.2, 0.25) is 0 Å². The second-order valence-electron chi connectivity index (χ2n) is 4.44. The van der Waals surface area contributed by atoms with Crippen LogP contribution in [-0.4, -0.2) is 18.0 Å². The summed E-state index contributed by atoms with van der Waals surface area (Å²) in [6.45, 7) is 3.54. The van der Waals surface area contributed by atoms with Gasteiger partial charge in [-0.15, -0.1) is 0 Å². The topological polar surface area (TPSA) is 49.4 Å². The van der Waals surface area contributed by atoms with Crippen molar-refractivity contribution < 1.29 is 18.4 Å². The highest BCUT2D eigenvalue weighted by Gasteiger charge is 2.41. The Labute approximate surface area is 103 Å². The first-order chi connectivity index (χ1) is 8.41. The van der Waals surface area contributed by atoms with Gasteiger partial charge in [0.05, 0.1) is 5.69 Å². The van der Waals surface area contributed by atoms with E-state index in [1.165, 1.54) is 0 Å². The third kappa shape index (κ3) is 1.94. The smallest absolute Gasteiger partial charge is 0.325 e. The average molecular weight is 254 g/mol. The Kier molecular flexibility index (Phi) is 3.02. The molecule has 0 saturated carbocycles. The van der Waals surface area contributed by atoms with Crippen LogP contribution in [0, 0.1) is 17.6 Å². The zero-order chi connectivity index (χ0) is 13.4. The minimum atomic E-state index is -0.942. The second kappa shape index (κ2) is 4.36. The SMILES string of the molecule is CC(C)C1NC(=O)N(c2ccc(F)cc2F)C1=O. The summed E-state index contributed by atoms with van der Waals surface area (Å²) in [5.41, 5.74) is -0.234. The number of nitrogens with one attached hydrogen (secondary N) is 1. The molecule has 1 N–H and O–H groups in total. The molecule has 18 heavy (non-hydrogen) atoms. The van der Waals surface area contributed by atoms with Gasteiger partial charge in [-0.25, -0.2) is 18.5 Å². The number of carbonyl (C=O) groups is 2. The first-order valence-corrected chi connectivity index (χ1v) is 5.51. The Hall–Kier alpha value is -1.98. The van der Waals surface area contributed by atoms with E-state index < -0.39 is 29.6 Å². The van der Waals surface area contributed by atoms with Crippen LogP contribution in [-0.2, 0) is 4.79 Å². The van der Waals surface area contributed by atoms with Crippen LogP contribution in [0.2, 0.25) is 0 Å². The van der Waals surface area contributed by atoms with E-state index in [0.717, 1.165) is 12.1 Å². The third-order valence-electron chi connectivity index (χ3n) is 2.79. The van der Waals surface area contributed by atoms with E-state index in [1.807, 2.05) is 0 Å². The standard InChI is InChI=1S/C12H12F2N2O2/c1-6(2)10-11(17)16(12(18)15-10)9-4-3-7(13)5-8(9)14/h3-6,10H,1-2H3,(H,15,18). The molecule has 1 aromatic rings. The van der Waals surface area contributed by atoms with Crippen LogP contribution < -0.4 is 10.2 Å². The van der Waals surface area contributed by atoms with Gasteiger partial charge < -0.3 is 5.32 Å². The van der Waals surface area contributed by atoms with Crippen LogP contribution in [0.25, 0.3) is 0 Å². The van der Waals surface area contributed by atoms with Crippen LogP contribution in [0.4, 0.5) is 19.3 Å². The summed E-state index contributed by atoms with van der Waals surface area (Å²) in [5.74, 6) is -2.33. The first kappa shape index (κ1) is 12.5. The molecular weight excluding hydrogens is 242 g/mol. The average Bonchev–Trinajstić information content (AvgIpc) is 2.56. The Morgan fingerprint density at radius 2 is 1.94 bits per heavy atom.